The minimum Gasteiger partial charge on any atom is -0.0856 e. The highest BCUT2D eigenvalue weighted by Gasteiger charge is 2.28. The van der Waals surface area contributed by atoms with Gasteiger partial charge in [0.1, 0.15) is 13.8 Å². The van der Waals surface area contributed by atoms with Crippen LogP contribution in [0.15, 0.2) is 59.0 Å². The van der Waals surface area contributed by atoms with Crippen LogP contribution in [0.1, 0.15) is 26.7 Å². The third kappa shape index (κ3) is 9.00. The van der Waals surface area contributed by atoms with Crippen LogP contribution < -0.4 is 0 Å². The first-order valence-corrected chi connectivity index (χ1v) is 13.2. The lowest BCUT2D eigenvalue weighted by Gasteiger charge is -2.16. The van der Waals surface area contributed by atoms with Gasteiger partial charge in [0.25, 0.3) is 0 Å². The van der Waals surface area contributed by atoms with Gasteiger partial charge in [0.05, 0.1) is 5.38 Å². The van der Waals surface area contributed by atoms with Crippen molar-refractivity contribution in [2.45, 2.75) is 51.2 Å². The van der Waals surface area contributed by atoms with E-state index in [-0.39, 0.29) is 0 Å². The molecule has 1 rings (SSSR count). The number of rotatable bonds is 8. The van der Waals surface area contributed by atoms with E-state index in [0.29, 0.717) is 10.9 Å². The van der Waals surface area contributed by atoms with E-state index in [1.807, 2.05) is 0 Å². The zero-order valence-corrected chi connectivity index (χ0v) is 16.2. The maximum atomic E-state index is 2.48. The Morgan fingerprint density at radius 3 is 2.24 bits per heavy atom. The first kappa shape index (κ1) is 18.3. The van der Waals surface area contributed by atoms with E-state index in [0.717, 1.165) is 0 Å². The molecule has 0 bridgehead atoms. The quantitative estimate of drug-likeness (QED) is 0.244. The summed E-state index contributed by atoms with van der Waals surface area (Å²) in [6.45, 7) is 11.8. The third-order valence-electron chi connectivity index (χ3n) is 3.03. The smallest absolute Gasteiger partial charge is 0.0856 e. The van der Waals surface area contributed by atoms with Crippen molar-refractivity contribution in [2.75, 3.05) is 11.1 Å². The van der Waals surface area contributed by atoms with Crippen LogP contribution >= 0.6 is 0 Å². The Kier molecular flexibility index (Phi) is 8.13. The molecule has 0 fully saturated rings. The number of hydrogen-bond donors (Lipinski definition) is 0. The van der Waals surface area contributed by atoms with Crippen molar-refractivity contribution in [3.05, 3.63) is 54.1 Å². The molecule has 0 aliphatic rings. The van der Waals surface area contributed by atoms with Crippen LogP contribution in [0.2, 0.25) is 19.6 Å². The topological polar surface area (TPSA) is 0 Å². The fourth-order valence-electron chi connectivity index (χ4n) is 2.14. The lowest BCUT2D eigenvalue weighted by Crippen LogP contribution is -2.33. The Bertz CT molecular complexity index is 450. The number of benzene rings is 1. The fraction of sp³-hybridized carbons (Fsp3) is 0.474. The monoisotopic (exact) mass is 319 g/mol. The molecule has 2 heteroatoms. The van der Waals surface area contributed by atoms with E-state index in [1.165, 1.54) is 34.4 Å². The molecular weight excluding hydrogens is 288 g/mol. The summed E-state index contributed by atoms with van der Waals surface area (Å²) < 4.78 is 0. The van der Waals surface area contributed by atoms with Crippen LogP contribution in [0.3, 0.4) is 0 Å². The molecule has 1 atom stereocenters. The van der Waals surface area contributed by atoms with E-state index >= 15 is 0 Å². The summed E-state index contributed by atoms with van der Waals surface area (Å²) in [5.41, 5.74) is 1.42. The highest BCUT2D eigenvalue weighted by Crippen LogP contribution is 2.19. The molecule has 0 heterocycles. The molecule has 0 N–H and O–H groups in total. The van der Waals surface area contributed by atoms with Crippen LogP contribution in [0.4, 0.5) is 0 Å². The maximum absolute atomic E-state index is 2.48. The maximum Gasteiger partial charge on any atom is 0.154 e. The van der Waals surface area contributed by atoms with Gasteiger partial charge in [-0.2, -0.15) is 0 Å². The number of allylic oxidation sites excluding steroid dienone is 3. The molecule has 0 aromatic heterocycles. The molecule has 0 saturated heterocycles. The lowest BCUT2D eigenvalue weighted by molar-refractivity contribution is 1.03. The molecule has 1 aromatic carbocycles. The van der Waals surface area contributed by atoms with Crippen molar-refractivity contribution in [2.24, 2.45) is 0 Å². The average molecular weight is 320 g/mol. The molecule has 0 nitrogen and oxygen atoms in total. The lowest BCUT2D eigenvalue weighted by atomic mass is 10.2. The van der Waals surface area contributed by atoms with Crippen molar-refractivity contribution in [1.82, 2.24) is 0 Å². The first-order chi connectivity index (χ1) is 9.88. The molecule has 0 radical (unpaired) electrons. The molecular formula is C19H31SSi+. The zero-order chi connectivity index (χ0) is 15.7. The van der Waals surface area contributed by atoms with Gasteiger partial charge in [0.2, 0.25) is 0 Å². The molecule has 1 aromatic rings. The minimum atomic E-state index is -1.02. The Hall–Kier alpha value is -0.733. The SMILES string of the molecule is CC(C)=CCC/C=C/C[S+](C[Si](C)(C)C)c1ccccc1. The molecule has 116 valence electrons. The zero-order valence-electron chi connectivity index (χ0n) is 14.4. The van der Waals surface area contributed by atoms with Crippen molar-refractivity contribution in [3.63, 3.8) is 0 Å². The van der Waals surface area contributed by atoms with E-state index < -0.39 is 8.07 Å². The first-order valence-electron chi connectivity index (χ1n) is 7.89. The van der Waals surface area contributed by atoms with Gasteiger partial charge in [-0.25, -0.2) is 0 Å². The van der Waals surface area contributed by atoms with Crippen LogP contribution in [-0.4, -0.2) is 19.2 Å². The van der Waals surface area contributed by atoms with Gasteiger partial charge in [-0.1, -0.05) is 55.6 Å². The van der Waals surface area contributed by atoms with E-state index in [4.69, 9.17) is 0 Å². The molecule has 0 saturated carbocycles. The van der Waals surface area contributed by atoms with Crippen molar-refractivity contribution < 1.29 is 0 Å². The van der Waals surface area contributed by atoms with E-state index in [2.05, 4.69) is 82.0 Å². The van der Waals surface area contributed by atoms with Crippen molar-refractivity contribution in [3.8, 4) is 0 Å². The summed E-state index contributed by atoms with van der Waals surface area (Å²) in [5.74, 6) is 1.21. The Morgan fingerprint density at radius 2 is 1.67 bits per heavy atom. The van der Waals surface area contributed by atoms with E-state index in [9.17, 15) is 0 Å². The molecule has 0 spiro atoms. The van der Waals surface area contributed by atoms with Crippen LogP contribution in [0.25, 0.3) is 0 Å². The van der Waals surface area contributed by atoms with Crippen LogP contribution in [-0.2, 0) is 10.9 Å². The van der Waals surface area contributed by atoms with Gasteiger partial charge in [0.15, 0.2) is 4.90 Å². The van der Waals surface area contributed by atoms with Gasteiger partial charge in [-0.15, -0.1) is 0 Å². The Labute approximate surface area is 135 Å². The van der Waals surface area contributed by atoms with E-state index in [1.54, 1.807) is 0 Å². The average Bonchev–Trinajstić information content (AvgIpc) is 2.40. The van der Waals surface area contributed by atoms with Gasteiger partial charge >= 0.3 is 0 Å². The van der Waals surface area contributed by atoms with Crippen LogP contribution in [0, 0.1) is 0 Å². The largest absolute Gasteiger partial charge is 0.154 e. The summed E-state index contributed by atoms with van der Waals surface area (Å²) in [6.07, 6.45) is 9.45. The highest BCUT2D eigenvalue weighted by atomic mass is 32.2. The predicted octanol–water partition coefficient (Wildman–Crippen LogP) is 5.84. The fourth-order valence-corrected chi connectivity index (χ4v) is 8.57. The second-order valence-electron chi connectivity index (χ2n) is 7.01. The van der Waals surface area contributed by atoms with Gasteiger partial charge < -0.3 is 0 Å². The number of unbranched alkanes of at least 4 members (excludes halogenated alkanes) is 1. The highest BCUT2D eigenvalue weighted by molar-refractivity contribution is 7.98. The normalized spacial score (nSPS) is 13.4. The molecule has 1 unspecified atom stereocenters. The summed E-state index contributed by atoms with van der Waals surface area (Å²) >= 11 is 0. The second kappa shape index (κ2) is 9.32. The minimum absolute atomic E-state index is 0.388. The van der Waals surface area contributed by atoms with Gasteiger partial charge in [0, 0.05) is 10.9 Å². The third-order valence-corrected chi connectivity index (χ3v) is 9.43. The van der Waals surface area contributed by atoms with Crippen molar-refractivity contribution in [1.29, 1.82) is 0 Å². The van der Waals surface area contributed by atoms with Gasteiger partial charge in [-0.3, -0.25) is 0 Å². The molecule has 0 aliphatic carbocycles. The number of hydrogen-bond acceptors (Lipinski definition) is 0. The Balaban J connectivity index is 2.58. The second-order valence-corrected chi connectivity index (χ2v) is 15.1. The van der Waals surface area contributed by atoms with Crippen LogP contribution in [0.5, 0.6) is 0 Å². The standard InChI is InChI=1S/C19H31SSi/c1-18(2)13-9-6-7-12-16-20(17-21(3,4)5)19-14-10-8-11-15-19/h7-8,10-15H,6,9,16-17H2,1-5H3/q+1/b12-7+. The summed E-state index contributed by atoms with van der Waals surface area (Å²) in [6, 6.07) is 11.1. The summed E-state index contributed by atoms with van der Waals surface area (Å²) in [7, 11) is -0.636. The summed E-state index contributed by atoms with van der Waals surface area (Å²) in [5, 5.41) is 1.40. The summed E-state index contributed by atoms with van der Waals surface area (Å²) in [4.78, 5) is 1.54. The predicted molar refractivity (Wildman–Crippen MR) is 103 cm³/mol. The van der Waals surface area contributed by atoms with Gasteiger partial charge in [-0.05, 0) is 44.9 Å². The molecule has 21 heavy (non-hydrogen) atoms. The Morgan fingerprint density at radius 1 is 1.00 bits per heavy atom. The molecule has 0 aliphatic heterocycles. The van der Waals surface area contributed by atoms with Crippen molar-refractivity contribution >= 4 is 19.0 Å². The molecule has 0 amide bonds.